The van der Waals surface area contributed by atoms with E-state index >= 15 is 0 Å². The highest BCUT2D eigenvalue weighted by atomic mass is 16.2. The fourth-order valence-corrected chi connectivity index (χ4v) is 2.31. The van der Waals surface area contributed by atoms with Crippen molar-refractivity contribution >= 4 is 5.91 Å². The summed E-state index contributed by atoms with van der Waals surface area (Å²) in [5, 5.41) is 8.81. The molecule has 0 heterocycles. The summed E-state index contributed by atoms with van der Waals surface area (Å²) in [6.45, 7) is 3.02. The molecule has 0 spiro atoms. The van der Waals surface area contributed by atoms with Crippen LogP contribution in [0.3, 0.4) is 0 Å². The molecule has 0 aromatic heterocycles. The molecule has 0 bridgehead atoms. The van der Waals surface area contributed by atoms with Crippen LogP contribution in [-0.2, 0) is 0 Å². The monoisotopic (exact) mass is 285 g/mol. The molecule has 21 heavy (non-hydrogen) atoms. The largest absolute Gasteiger partial charge is 0.395 e. The highest BCUT2D eigenvalue weighted by molar-refractivity contribution is 5.97. The van der Waals surface area contributed by atoms with E-state index in [9.17, 15) is 4.79 Å². The Morgan fingerprint density at radius 3 is 2.81 bits per heavy atom. The Kier molecular flexibility index (Phi) is 5.83. The number of amides is 1. The molecule has 0 atom stereocenters. The summed E-state index contributed by atoms with van der Waals surface area (Å²) in [7, 11) is 0. The highest BCUT2D eigenvalue weighted by Gasteiger charge is 2.33. The van der Waals surface area contributed by atoms with Gasteiger partial charge in [-0.2, -0.15) is 0 Å². The van der Waals surface area contributed by atoms with Crippen molar-refractivity contribution in [3.05, 3.63) is 35.4 Å². The number of benzene rings is 1. The van der Waals surface area contributed by atoms with Gasteiger partial charge in [0.05, 0.1) is 12.2 Å². The van der Waals surface area contributed by atoms with Crippen LogP contribution < -0.4 is 0 Å². The molecule has 1 amide bonds. The molecular weight excluding hydrogens is 262 g/mol. The van der Waals surface area contributed by atoms with Crippen molar-refractivity contribution in [2.75, 3.05) is 13.2 Å². The lowest BCUT2D eigenvalue weighted by Crippen LogP contribution is -2.34. The number of hydrogen-bond acceptors (Lipinski definition) is 2. The van der Waals surface area contributed by atoms with Crippen molar-refractivity contribution in [3.63, 3.8) is 0 Å². The predicted octanol–water partition coefficient (Wildman–Crippen LogP) is 2.83. The Balaban J connectivity index is 2.19. The maximum Gasteiger partial charge on any atom is 0.255 e. The molecule has 0 saturated heterocycles. The second kappa shape index (κ2) is 7.85. The van der Waals surface area contributed by atoms with Gasteiger partial charge in [0.25, 0.3) is 5.91 Å². The molecule has 3 nitrogen and oxygen atoms in total. The zero-order valence-electron chi connectivity index (χ0n) is 12.6. The van der Waals surface area contributed by atoms with Crippen LogP contribution in [0.4, 0.5) is 0 Å². The van der Waals surface area contributed by atoms with E-state index in [4.69, 9.17) is 5.11 Å². The van der Waals surface area contributed by atoms with Crippen molar-refractivity contribution in [2.24, 2.45) is 0 Å². The maximum atomic E-state index is 12.8. The first-order chi connectivity index (χ1) is 10.3. The zero-order valence-corrected chi connectivity index (χ0v) is 12.6. The average Bonchev–Trinajstić information content (AvgIpc) is 3.33. The minimum absolute atomic E-state index is 0.0494. The van der Waals surface area contributed by atoms with Crippen molar-refractivity contribution in [2.45, 2.75) is 45.1 Å². The SMILES string of the molecule is CCCCN(C(=O)c1ccccc1C#CCCO)C1CC1. The first-order valence-corrected chi connectivity index (χ1v) is 7.77. The van der Waals surface area contributed by atoms with Crippen LogP contribution in [0, 0.1) is 11.8 Å². The van der Waals surface area contributed by atoms with Crippen LogP contribution in [0.5, 0.6) is 0 Å². The van der Waals surface area contributed by atoms with Gasteiger partial charge < -0.3 is 10.0 Å². The van der Waals surface area contributed by atoms with Crippen LogP contribution in [-0.4, -0.2) is 35.1 Å². The van der Waals surface area contributed by atoms with E-state index in [2.05, 4.69) is 18.8 Å². The van der Waals surface area contributed by atoms with Gasteiger partial charge in [0.15, 0.2) is 0 Å². The normalized spacial score (nSPS) is 13.4. The number of nitrogens with zero attached hydrogens (tertiary/aromatic N) is 1. The van der Waals surface area contributed by atoms with E-state index in [1.165, 1.54) is 0 Å². The molecule has 2 rings (SSSR count). The van der Waals surface area contributed by atoms with Gasteiger partial charge in [-0.05, 0) is 31.4 Å². The molecule has 1 aliphatic rings. The van der Waals surface area contributed by atoms with Crippen molar-refractivity contribution in [3.8, 4) is 11.8 Å². The fraction of sp³-hybridized carbons (Fsp3) is 0.500. The summed E-state index contributed by atoms with van der Waals surface area (Å²) in [5.41, 5.74) is 1.45. The van der Waals surface area contributed by atoms with Crippen molar-refractivity contribution in [1.82, 2.24) is 4.90 Å². The molecule has 112 valence electrons. The van der Waals surface area contributed by atoms with Gasteiger partial charge in [0.2, 0.25) is 0 Å². The number of unbranched alkanes of at least 4 members (excludes halogenated alkanes) is 1. The van der Waals surface area contributed by atoms with Gasteiger partial charge in [-0.15, -0.1) is 0 Å². The van der Waals surface area contributed by atoms with Gasteiger partial charge in [-0.1, -0.05) is 37.3 Å². The van der Waals surface area contributed by atoms with Gasteiger partial charge in [-0.25, -0.2) is 0 Å². The quantitative estimate of drug-likeness (QED) is 0.817. The van der Waals surface area contributed by atoms with E-state index in [0.717, 1.165) is 37.8 Å². The number of aliphatic hydroxyl groups is 1. The summed E-state index contributed by atoms with van der Waals surface area (Å²) in [6.07, 6.45) is 4.81. The van der Waals surface area contributed by atoms with Crippen LogP contribution >= 0.6 is 0 Å². The lowest BCUT2D eigenvalue weighted by molar-refractivity contribution is 0.0740. The zero-order chi connectivity index (χ0) is 15.1. The van der Waals surface area contributed by atoms with Crippen LogP contribution in [0.2, 0.25) is 0 Å². The molecule has 0 unspecified atom stereocenters. The summed E-state index contributed by atoms with van der Waals surface area (Å²) >= 11 is 0. The Labute approximate surface area is 127 Å². The summed E-state index contributed by atoms with van der Waals surface area (Å²) in [6, 6.07) is 7.93. The van der Waals surface area contributed by atoms with Crippen LogP contribution in [0.25, 0.3) is 0 Å². The molecule has 3 heteroatoms. The van der Waals surface area contributed by atoms with Gasteiger partial charge in [0.1, 0.15) is 0 Å². The van der Waals surface area contributed by atoms with Crippen molar-refractivity contribution < 1.29 is 9.90 Å². The minimum atomic E-state index is 0.0494. The van der Waals surface area contributed by atoms with E-state index < -0.39 is 0 Å². The van der Waals surface area contributed by atoms with Gasteiger partial charge in [-0.3, -0.25) is 4.79 Å². The van der Waals surface area contributed by atoms with Gasteiger partial charge in [0, 0.05) is 24.6 Å². The topological polar surface area (TPSA) is 40.5 Å². The Hall–Kier alpha value is -1.79. The van der Waals surface area contributed by atoms with E-state index in [0.29, 0.717) is 18.0 Å². The van der Waals surface area contributed by atoms with E-state index in [1.54, 1.807) is 0 Å². The first kappa shape index (κ1) is 15.6. The summed E-state index contributed by atoms with van der Waals surface area (Å²) in [4.78, 5) is 14.8. The standard InChI is InChI=1S/C18H23NO2/c1-2-3-13-19(16-11-12-16)18(21)17-10-5-4-8-15(17)9-6-7-14-20/h4-5,8,10,16,20H,2-3,7,11-14H2,1H3. The van der Waals surface area contributed by atoms with Crippen LogP contribution in [0.15, 0.2) is 24.3 Å². The number of carbonyl (C=O) groups is 1. The van der Waals surface area contributed by atoms with Crippen molar-refractivity contribution in [1.29, 1.82) is 0 Å². The minimum Gasteiger partial charge on any atom is -0.395 e. The fourth-order valence-electron chi connectivity index (χ4n) is 2.31. The molecule has 1 N–H and O–H groups in total. The van der Waals surface area contributed by atoms with E-state index in [-0.39, 0.29) is 12.5 Å². The molecule has 0 radical (unpaired) electrons. The van der Waals surface area contributed by atoms with Gasteiger partial charge >= 0.3 is 0 Å². The average molecular weight is 285 g/mol. The second-order valence-corrected chi connectivity index (χ2v) is 5.40. The molecule has 1 saturated carbocycles. The van der Waals surface area contributed by atoms with E-state index in [1.807, 2.05) is 29.2 Å². The number of carbonyl (C=O) groups excluding carboxylic acids is 1. The molecule has 0 aliphatic heterocycles. The Bertz CT molecular complexity index is 538. The molecule has 1 aromatic rings. The highest BCUT2D eigenvalue weighted by Crippen LogP contribution is 2.29. The summed E-state index contributed by atoms with van der Waals surface area (Å²) in [5.74, 6) is 6.01. The number of hydrogen-bond donors (Lipinski definition) is 1. The third-order valence-electron chi connectivity index (χ3n) is 3.62. The summed E-state index contributed by atoms with van der Waals surface area (Å²) < 4.78 is 0. The second-order valence-electron chi connectivity index (χ2n) is 5.40. The Morgan fingerprint density at radius 1 is 1.38 bits per heavy atom. The molecule has 1 fully saturated rings. The Morgan fingerprint density at radius 2 is 2.14 bits per heavy atom. The lowest BCUT2D eigenvalue weighted by atomic mass is 10.1. The molecular formula is C18H23NO2. The van der Waals surface area contributed by atoms with Crippen LogP contribution in [0.1, 0.15) is 54.9 Å². The maximum absolute atomic E-state index is 12.8. The predicted molar refractivity (Wildman–Crippen MR) is 84.0 cm³/mol. The smallest absolute Gasteiger partial charge is 0.255 e. The third-order valence-corrected chi connectivity index (χ3v) is 3.62. The first-order valence-electron chi connectivity index (χ1n) is 7.77. The molecule has 1 aromatic carbocycles. The number of aliphatic hydroxyl groups excluding tert-OH is 1. The molecule has 1 aliphatic carbocycles. The number of rotatable bonds is 6. The third kappa shape index (κ3) is 4.34. The lowest BCUT2D eigenvalue weighted by Gasteiger charge is -2.22.